The van der Waals surface area contributed by atoms with E-state index in [1.807, 2.05) is 0 Å². The number of hydrogen-bond acceptors (Lipinski definition) is 0. The molecule has 1 aliphatic rings. The molecule has 9 heteroatoms. The summed E-state index contributed by atoms with van der Waals surface area (Å²) in [5.74, 6) is 0.573. The standard InChI is InChI=1S/C21H25.C15H8F6.C11H17.2ClH.Zr/c1-20(2,3)16-9-7-14-11-15-8-10-17(21(4,5)6)13-19(15)18(14)12-16;16-14(17,18)12-5-1-10(2-6-12)9-11-3-7-13(8-4-11)15(19,20)21;1-5-9-6-7-10(8-9)11(2,3)4;;;/h7-13H,1-6H3;1-8H;7-9H,5H2,1-4H3;2*1H;/q-1;;-1;;;+2/p-2. The molecular formula is C47H50Cl2F6Zr-2. The summed E-state index contributed by atoms with van der Waals surface area (Å²) in [4.78, 5) is 0. The third kappa shape index (κ3) is 12.8. The second-order valence-corrected chi connectivity index (χ2v) is 18.2. The van der Waals surface area contributed by atoms with E-state index in [0.717, 1.165) is 48.5 Å². The van der Waals surface area contributed by atoms with Gasteiger partial charge in [-0.1, -0.05) is 122 Å². The van der Waals surface area contributed by atoms with Gasteiger partial charge in [-0.25, -0.2) is 6.08 Å². The van der Waals surface area contributed by atoms with Crippen molar-refractivity contribution >= 4 is 24.8 Å². The van der Waals surface area contributed by atoms with E-state index in [1.165, 1.54) is 68.9 Å². The smallest absolute Gasteiger partial charge is 1.00 e. The van der Waals surface area contributed by atoms with E-state index >= 15 is 0 Å². The second-order valence-electron chi connectivity index (χ2n) is 17.0. The van der Waals surface area contributed by atoms with E-state index in [-0.39, 0.29) is 35.6 Å². The summed E-state index contributed by atoms with van der Waals surface area (Å²) in [5, 5.41) is 5.49. The van der Waals surface area contributed by atoms with Gasteiger partial charge in [0.25, 0.3) is 0 Å². The van der Waals surface area contributed by atoms with Crippen LogP contribution in [0.1, 0.15) is 109 Å². The van der Waals surface area contributed by atoms with Crippen molar-refractivity contribution in [2.24, 2.45) is 11.3 Å². The molecule has 0 radical (unpaired) electrons. The van der Waals surface area contributed by atoms with Crippen LogP contribution in [-0.2, 0) is 47.4 Å². The molecule has 1 unspecified atom stereocenters. The van der Waals surface area contributed by atoms with Crippen molar-refractivity contribution in [2.75, 3.05) is 0 Å². The van der Waals surface area contributed by atoms with Crippen molar-refractivity contribution in [2.45, 2.75) is 98.8 Å². The molecule has 0 amide bonds. The fourth-order valence-electron chi connectivity index (χ4n) is 5.96. The second kappa shape index (κ2) is 18.8. The van der Waals surface area contributed by atoms with Gasteiger partial charge in [0.2, 0.25) is 0 Å². The molecule has 300 valence electrons. The number of halogens is 8. The third-order valence-corrected chi connectivity index (χ3v) is 11.0. The molecule has 6 rings (SSSR count). The summed E-state index contributed by atoms with van der Waals surface area (Å²) in [5.41, 5.74) is 4.54. The van der Waals surface area contributed by atoms with Gasteiger partial charge in [0.05, 0.1) is 0 Å². The van der Waals surface area contributed by atoms with Crippen LogP contribution >= 0.6 is 0 Å². The largest absolute Gasteiger partial charge is 1.00 e. The van der Waals surface area contributed by atoms with Gasteiger partial charge < -0.3 is 24.8 Å². The van der Waals surface area contributed by atoms with Crippen LogP contribution in [0, 0.1) is 17.4 Å². The number of allylic oxidation sites excluding steroid dienone is 4. The molecule has 0 saturated heterocycles. The quantitative estimate of drug-likeness (QED) is 0.126. The van der Waals surface area contributed by atoms with Gasteiger partial charge in [-0.3, -0.25) is 6.08 Å². The number of fused-ring (bicyclic) bond motifs is 3. The fraction of sp³-hybridized carbons (Fsp3) is 0.362. The van der Waals surface area contributed by atoms with Crippen LogP contribution in [0.15, 0.2) is 109 Å². The summed E-state index contributed by atoms with van der Waals surface area (Å²) >= 11 is 0.898. The minimum atomic E-state index is -4.41. The van der Waals surface area contributed by atoms with Crippen molar-refractivity contribution in [3.8, 4) is 0 Å². The fourth-order valence-corrected chi connectivity index (χ4v) is 6.78. The number of alkyl halides is 6. The van der Waals surface area contributed by atoms with Crippen LogP contribution in [0.5, 0.6) is 0 Å². The normalized spacial score (nSPS) is 14.5. The number of rotatable bonds is 3. The van der Waals surface area contributed by atoms with Crippen molar-refractivity contribution < 1.29 is 75.4 Å². The first kappa shape index (κ1) is 49.3. The van der Waals surface area contributed by atoms with E-state index in [2.05, 4.69) is 130 Å². The minimum Gasteiger partial charge on any atom is -1.00 e. The van der Waals surface area contributed by atoms with Crippen molar-refractivity contribution in [1.29, 1.82) is 0 Å². The molecule has 5 aromatic rings. The monoisotopic (exact) mass is 888 g/mol. The zero-order valence-electron chi connectivity index (χ0n) is 33.6. The zero-order chi connectivity index (χ0) is 40.4. The Bertz CT molecular complexity index is 2000. The van der Waals surface area contributed by atoms with E-state index in [0.29, 0.717) is 25.7 Å². The molecule has 0 aliphatic heterocycles. The van der Waals surface area contributed by atoms with Crippen LogP contribution in [-0.4, -0.2) is 3.21 Å². The summed E-state index contributed by atoms with van der Waals surface area (Å²) < 4.78 is 75.6. The van der Waals surface area contributed by atoms with E-state index < -0.39 is 23.5 Å². The van der Waals surface area contributed by atoms with Crippen molar-refractivity contribution in [3.63, 3.8) is 0 Å². The van der Waals surface area contributed by atoms with Crippen LogP contribution in [0.2, 0.25) is 0 Å². The first-order chi connectivity index (χ1) is 24.8. The van der Waals surface area contributed by atoms with Crippen LogP contribution < -0.4 is 24.8 Å². The maximum atomic E-state index is 12.5. The van der Waals surface area contributed by atoms with Crippen LogP contribution in [0.3, 0.4) is 0 Å². The Kier molecular flexibility index (Phi) is 16.6. The van der Waals surface area contributed by atoms with E-state index in [9.17, 15) is 26.3 Å². The zero-order valence-corrected chi connectivity index (χ0v) is 37.6. The molecule has 1 aliphatic carbocycles. The molecule has 0 N–H and O–H groups in total. The molecule has 0 spiro atoms. The Balaban J connectivity index is 0.000000300. The Labute approximate surface area is 356 Å². The Hall–Kier alpha value is -2.86. The van der Waals surface area contributed by atoms with Gasteiger partial charge in [0.1, 0.15) is 0 Å². The Morgan fingerprint density at radius 3 is 1.20 bits per heavy atom. The third-order valence-electron chi connectivity index (χ3n) is 9.58. The SMILES string of the molecule is CC(C)(C)c1ccc2[cH-]c3ccc(C(C)(C)C)cc3c2c1.CCC1[C-]=CC(C(C)(C)C)=C1.FC(F)(F)c1ccc([C](=[Zr+2])c2ccc(C(F)(F)F)cc2)cc1.[Cl-].[Cl-]. The maximum absolute atomic E-state index is 12.5. The Morgan fingerprint density at radius 2 is 0.929 bits per heavy atom. The molecule has 0 aromatic heterocycles. The molecule has 0 heterocycles. The van der Waals surface area contributed by atoms with Gasteiger partial charge in [-0.2, -0.15) is 11.6 Å². The number of benzene rings is 4. The molecular weight excluding hydrogens is 841 g/mol. The molecule has 0 nitrogen and oxygen atoms in total. The van der Waals surface area contributed by atoms with Gasteiger partial charge in [-0.15, -0.1) is 39.7 Å². The topological polar surface area (TPSA) is 0 Å². The van der Waals surface area contributed by atoms with Gasteiger partial charge in [0, 0.05) is 0 Å². The summed E-state index contributed by atoms with van der Waals surface area (Å²) in [6, 6.07) is 25.3. The predicted octanol–water partition coefficient (Wildman–Crippen LogP) is 8.51. The Morgan fingerprint density at radius 1 is 0.571 bits per heavy atom. The average molecular weight is 891 g/mol. The minimum absolute atomic E-state index is 0. The summed E-state index contributed by atoms with van der Waals surface area (Å²) in [7, 11) is 0. The van der Waals surface area contributed by atoms with E-state index in [4.69, 9.17) is 0 Å². The van der Waals surface area contributed by atoms with Gasteiger partial charge in [-0.05, 0) is 10.8 Å². The summed E-state index contributed by atoms with van der Waals surface area (Å²) in [6.45, 7) is 22.6. The molecule has 0 bridgehead atoms. The van der Waals surface area contributed by atoms with Crippen LogP contribution in [0.25, 0.3) is 21.5 Å². The average Bonchev–Trinajstić information content (AvgIpc) is 3.72. The predicted molar refractivity (Wildman–Crippen MR) is 210 cm³/mol. The molecule has 0 fully saturated rings. The first-order valence-corrected chi connectivity index (χ1v) is 19.4. The van der Waals surface area contributed by atoms with E-state index in [1.54, 1.807) is 0 Å². The van der Waals surface area contributed by atoms with Gasteiger partial charge >= 0.3 is 137 Å². The number of hydrogen-bond donors (Lipinski definition) is 0. The van der Waals surface area contributed by atoms with Crippen LogP contribution in [0.4, 0.5) is 26.3 Å². The van der Waals surface area contributed by atoms with Gasteiger partial charge in [0.15, 0.2) is 0 Å². The molecule has 0 saturated carbocycles. The molecule has 56 heavy (non-hydrogen) atoms. The molecule has 5 aromatic carbocycles. The summed E-state index contributed by atoms with van der Waals surface area (Å²) in [6.07, 6.45) is 0.185. The van der Waals surface area contributed by atoms with Crippen molar-refractivity contribution in [3.05, 3.63) is 148 Å². The molecule has 1 atom stereocenters. The maximum Gasteiger partial charge on any atom is -1.00 e. The van der Waals surface area contributed by atoms with Crippen molar-refractivity contribution in [1.82, 2.24) is 0 Å². The first-order valence-electron chi connectivity index (χ1n) is 18.2.